The number of rotatable bonds is 13. The van der Waals surface area contributed by atoms with E-state index in [2.05, 4.69) is 26.0 Å². The van der Waals surface area contributed by atoms with E-state index >= 15 is 0 Å². The van der Waals surface area contributed by atoms with Crippen molar-refractivity contribution >= 4 is 69.7 Å². The molecule has 1 fully saturated rings. The van der Waals surface area contributed by atoms with Gasteiger partial charge in [-0.25, -0.2) is 9.50 Å². The van der Waals surface area contributed by atoms with Gasteiger partial charge in [0, 0.05) is 31.1 Å². The summed E-state index contributed by atoms with van der Waals surface area (Å²) in [6.45, 7) is 0.333. The Balaban J connectivity index is 0.918. The van der Waals surface area contributed by atoms with E-state index in [4.69, 9.17) is 11.6 Å². The van der Waals surface area contributed by atoms with Crippen molar-refractivity contribution in [2.24, 2.45) is 0 Å². The van der Waals surface area contributed by atoms with Crippen LogP contribution in [0.25, 0.3) is 16.2 Å². The first kappa shape index (κ1) is 34.8. The maximum absolute atomic E-state index is 14.2. The van der Waals surface area contributed by atoms with Gasteiger partial charge in [-0.3, -0.25) is 39.0 Å². The molecule has 1 unspecified atom stereocenters. The van der Waals surface area contributed by atoms with E-state index in [1.807, 2.05) is 0 Å². The maximum atomic E-state index is 14.2. The maximum Gasteiger partial charge on any atom is 0.364 e. The molecule has 0 radical (unpaired) electrons. The highest BCUT2D eigenvalue weighted by Crippen LogP contribution is 2.35. The third-order valence-electron chi connectivity index (χ3n) is 8.31. The molecule has 0 bridgehead atoms. The average Bonchev–Trinajstić information content (AvgIpc) is 3.81. The number of piperidine rings is 1. The fraction of sp³-hybridized carbons (Fsp3) is 0.333. The van der Waals surface area contributed by atoms with Crippen molar-refractivity contribution in [3.05, 3.63) is 70.4 Å². The normalized spacial score (nSPS) is 16.1. The number of carbonyl (C=O) groups excluding carboxylic acids is 6. The van der Waals surface area contributed by atoms with Gasteiger partial charge in [0.25, 0.3) is 17.7 Å². The van der Waals surface area contributed by atoms with Crippen LogP contribution in [0.4, 0.5) is 14.5 Å². The van der Waals surface area contributed by atoms with Crippen molar-refractivity contribution in [3.8, 4) is 10.6 Å². The molecule has 3 N–H and O–H groups in total. The van der Waals surface area contributed by atoms with Gasteiger partial charge in [0.2, 0.25) is 17.7 Å². The van der Waals surface area contributed by atoms with Crippen LogP contribution in [-0.4, -0.2) is 67.5 Å². The van der Waals surface area contributed by atoms with Crippen LogP contribution in [0.5, 0.6) is 0 Å². The fourth-order valence-electron chi connectivity index (χ4n) is 5.84. The predicted molar refractivity (Wildman–Crippen MR) is 178 cm³/mol. The minimum Gasteiger partial charge on any atom is -0.351 e. The number of imide groups is 2. The van der Waals surface area contributed by atoms with Gasteiger partial charge in [0.1, 0.15) is 11.7 Å². The van der Waals surface area contributed by atoms with Crippen LogP contribution < -0.4 is 16.0 Å². The second-order valence-electron chi connectivity index (χ2n) is 11.8. The third-order valence-corrected chi connectivity index (χ3v) is 9.40. The summed E-state index contributed by atoms with van der Waals surface area (Å²) in [6, 6.07) is 9.28. The van der Waals surface area contributed by atoms with Gasteiger partial charge in [-0.1, -0.05) is 25.3 Å². The molecule has 0 spiro atoms. The SMILES string of the molecule is O=C1CCC(N2C(=O)c3ccc(NC(=O)CCCCCCCNC(=O)c4cc5nc(-c6cccs6)cc(C(F)(F)Cl)n5n4)cc3C2=O)C(=O)N1. The summed E-state index contributed by atoms with van der Waals surface area (Å²) in [5.41, 5.74) is 0.233. The number of carbonyl (C=O) groups is 6. The lowest BCUT2D eigenvalue weighted by atomic mass is 10.0. The molecule has 50 heavy (non-hydrogen) atoms. The number of fused-ring (bicyclic) bond motifs is 2. The molecule has 4 aromatic rings. The van der Waals surface area contributed by atoms with Crippen molar-refractivity contribution in [2.75, 3.05) is 11.9 Å². The van der Waals surface area contributed by atoms with Gasteiger partial charge >= 0.3 is 5.38 Å². The molecule has 2 aliphatic heterocycles. The van der Waals surface area contributed by atoms with E-state index < -0.39 is 46.7 Å². The molecule has 5 heterocycles. The van der Waals surface area contributed by atoms with Crippen LogP contribution in [0, 0.1) is 0 Å². The molecule has 1 saturated heterocycles. The Morgan fingerprint density at radius 3 is 2.50 bits per heavy atom. The number of aromatic nitrogens is 3. The quantitative estimate of drug-likeness (QED) is 0.0997. The third kappa shape index (κ3) is 7.40. The van der Waals surface area contributed by atoms with Crippen molar-refractivity contribution in [1.29, 1.82) is 0 Å². The summed E-state index contributed by atoms with van der Waals surface area (Å²) in [5, 5.41) is 9.70. The van der Waals surface area contributed by atoms with Crippen LogP contribution in [0.1, 0.15) is 88.3 Å². The summed E-state index contributed by atoms with van der Waals surface area (Å²) in [4.78, 5) is 80.7. The van der Waals surface area contributed by atoms with Gasteiger partial charge in [0.05, 0.1) is 21.7 Å². The van der Waals surface area contributed by atoms with E-state index in [0.717, 1.165) is 34.7 Å². The van der Waals surface area contributed by atoms with Crippen molar-refractivity contribution < 1.29 is 37.5 Å². The molecule has 13 nitrogen and oxygen atoms in total. The minimum absolute atomic E-state index is 0.0192. The fourth-order valence-corrected chi connectivity index (χ4v) is 6.66. The molecule has 1 aromatic carbocycles. The summed E-state index contributed by atoms with van der Waals surface area (Å²) < 4.78 is 29.3. The first-order valence-corrected chi connectivity index (χ1v) is 17.1. The number of halogens is 3. The Hall–Kier alpha value is -5.09. The number of thiophene rings is 1. The number of benzene rings is 1. The molecule has 1 atom stereocenters. The zero-order valence-electron chi connectivity index (χ0n) is 26.3. The zero-order valence-corrected chi connectivity index (χ0v) is 27.9. The Kier molecular flexibility index (Phi) is 10.0. The van der Waals surface area contributed by atoms with E-state index in [1.54, 1.807) is 17.5 Å². The van der Waals surface area contributed by atoms with Gasteiger partial charge in [0.15, 0.2) is 11.3 Å². The molecule has 0 aliphatic carbocycles. The van der Waals surface area contributed by atoms with E-state index in [0.29, 0.717) is 35.6 Å². The number of nitrogens with zero attached hydrogens (tertiary/aromatic N) is 4. The van der Waals surface area contributed by atoms with Gasteiger partial charge in [-0.05, 0) is 66.6 Å². The van der Waals surface area contributed by atoms with Crippen molar-refractivity contribution in [1.82, 2.24) is 30.1 Å². The van der Waals surface area contributed by atoms with E-state index in [9.17, 15) is 37.5 Å². The van der Waals surface area contributed by atoms with Crippen LogP contribution >= 0.6 is 22.9 Å². The highest BCUT2D eigenvalue weighted by Gasteiger charge is 2.44. The van der Waals surface area contributed by atoms with Crippen LogP contribution in [-0.2, 0) is 19.8 Å². The van der Waals surface area contributed by atoms with Gasteiger partial charge in [-0.15, -0.1) is 11.3 Å². The second-order valence-corrected chi connectivity index (χ2v) is 13.3. The lowest BCUT2D eigenvalue weighted by Gasteiger charge is -2.27. The summed E-state index contributed by atoms with van der Waals surface area (Å²) >= 11 is 6.68. The smallest absolute Gasteiger partial charge is 0.351 e. The highest BCUT2D eigenvalue weighted by atomic mass is 35.5. The largest absolute Gasteiger partial charge is 0.364 e. The van der Waals surface area contributed by atoms with Crippen molar-refractivity contribution in [3.63, 3.8) is 0 Å². The standard InChI is InChI=1S/C33H30ClF2N7O6S/c34-33(35,36)25-16-21(24-7-6-14-50-24)39-26-17-22(41-43(25)26)29(46)37-13-5-3-1-2-4-8-27(44)38-18-9-10-19-20(15-18)32(49)42(31(19)48)23-11-12-28(45)40-30(23)47/h6-7,9-10,14-17,23H,1-5,8,11-13H2,(H,37,46)(H,38,44)(H,40,45,47). The Morgan fingerprint density at radius 1 is 1.00 bits per heavy atom. The van der Waals surface area contributed by atoms with Crippen LogP contribution in [0.2, 0.25) is 0 Å². The first-order valence-electron chi connectivity index (χ1n) is 15.9. The molecule has 0 saturated carbocycles. The summed E-state index contributed by atoms with van der Waals surface area (Å²) in [7, 11) is 0. The molecular weight excluding hydrogens is 696 g/mol. The minimum atomic E-state index is -3.74. The summed E-state index contributed by atoms with van der Waals surface area (Å²) in [5.74, 6) is -3.24. The monoisotopic (exact) mass is 725 g/mol. The molecule has 2 aliphatic rings. The van der Waals surface area contributed by atoms with E-state index in [1.165, 1.54) is 35.6 Å². The topological polar surface area (TPSA) is 172 Å². The average molecular weight is 726 g/mol. The van der Waals surface area contributed by atoms with Crippen LogP contribution in [0.15, 0.2) is 47.8 Å². The molecule has 6 rings (SSSR count). The number of hydrogen-bond acceptors (Lipinski definition) is 9. The van der Waals surface area contributed by atoms with Crippen LogP contribution in [0.3, 0.4) is 0 Å². The number of unbranched alkanes of at least 4 members (excludes halogenated alkanes) is 4. The Labute approximate surface area is 292 Å². The molecule has 6 amide bonds. The molecule has 3 aromatic heterocycles. The molecule has 17 heteroatoms. The Bertz CT molecular complexity index is 2010. The summed E-state index contributed by atoms with van der Waals surface area (Å²) in [6.07, 6.45) is 3.86. The Morgan fingerprint density at radius 2 is 1.76 bits per heavy atom. The zero-order chi connectivity index (χ0) is 35.6. The van der Waals surface area contributed by atoms with E-state index in [-0.39, 0.29) is 47.6 Å². The number of amides is 6. The number of anilines is 1. The predicted octanol–water partition coefficient (Wildman–Crippen LogP) is 4.86. The number of alkyl halides is 3. The lowest BCUT2D eigenvalue weighted by Crippen LogP contribution is -2.54. The molecule has 260 valence electrons. The number of nitrogens with one attached hydrogen (secondary N) is 3. The first-order chi connectivity index (χ1) is 23.9. The van der Waals surface area contributed by atoms with Gasteiger partial charge < -0.3 is 10.6 Å². The number of hydrogen-bond donors (Lipinski definition) is 3. The highest BCUT2D eigenvalue weighted by molar-refractivity contribution is 7.13. The second kappa shape index (κ2) is 14.4. The molecular formula is C33H30ClF2N7O6S. The van der Waals surface area contributed by atoms with Crippen molar-refractivity contribution in [2.45, 2.75) is 62.8 Å². The van der Waals surface area contributed by atoms with Gasteiger partial charge in [-0.2, -0.15) is 13.9 Å². The lowest BCUT2D eigenvalue weighted by molar-refractivity contribution is -0.136.